The zero-order chi connectivity index (χ0) is 20.8. The average Bonchev–Trinajstić information content (AvgIpc) is 3.04. The van der Waals surface area contributed by atoms with Crippen molar-refractivity contribution in [3.8, 4) is 0 Å². The lowest BCUT2D eigenvalue weighted by atomic mass is 10.1. The molecule has 1 aromatic heterocycles. The minimum absolute atomic E-state index is 0.124. The molecular weight excluding hydrogens is 474 g/mol. The average molecular weight is 493 g/mol. The predicted molar refractivity (Wildman–Crippen MR) is 122 cm³/mol. The van der Waals surface area contributed by atoms with Crippen molar-refractivity contribution in [2.75, 3.05) is 11.9 Å². The Balaban J connectivity index is 1.51. The first-order chi connectivity index (χ1) is 13.9. The fraction of sp³-hybridized carbons (Fsp3) is 0.143. The molecule has 0 saturated heterocycles. The van der Waals surface area contributed by atoms with Crippen molar-refractivity contribution in [2.45, 2.75) is 23.8 Å². The number of nitrogens with zero attached hydrogens (tertiary/aromatic N) is 1. The minimum atomic E-state index is -0.249. The van der Waals surface area contributed by atoms with Gasteiger partial charge in [-0.05, 0) is 77.3 Å². The van der Waals surface area contributed by atoms with Crippen LogP contribution in [0, 0.1) is 13.8 Å². The number of benzene rings is 2. The summed E-state index contributed by atoms with van der Waals surface area (Å²) in [5, 5.41) is 8.40. The van der Waals surface area contributed by atoms with E-state index in [1.807, 2.05) is 56.3 Å². The fourth-order valence-electron chi connectivity index (χ4n) is 2.35. The molecule has 2 aromatic carbocycles. The van der Waals surface area contributed by atoms with E-state index >= 15 is 0 Å². The summed E-state index contributed by atoms with van der Waals surface area (Å²) in [6.07, 6.45) is 1.46. The lowest BCUT2D eigenvalue weighted by Crippen LogP contribution is -2.25. The topological polar surface area (TPSA) is 66.6 Å². The third-order valence-electron chi connectivity index (χ3n) is 4.04. The standard InChI is InChI=1S/C21H19BrClN3O2S/c1-13-3-6-16(9-14(13)2)24-12-20(27)26-25-11-17-10-19(22)21(28-17)29-18-7-4-15(23)5-8-18/h3-11,24H,12H2,1-2H3,(H,26,27)/b25-11-. The number of carbonyl (C=O) groups is 1. The molecular formula is C21H19BrClN3O2S. The second-order valence-electron chi connectivity index (χ2n) is 6.29. The van der Waals surface area contributed by atoms with Gasteiger partial charge in [0.05, 0.1) is 17.2 Å². The molecule has 0 aliphatic carbocycles. The van der Waals surface area contributed by atoms with Gasteiger partial charge in [0, 0.05) is 21.7 Å². The Hall–Kier alpha value is -2.22. The summed E-state index contributed by atoms with van der Waals surface area (Å²) in [4.78, 5) is 13.0. The highest BCUT2D eigenvalue weighted by Crippen LogP contribution is 2.35. The van der Waals surface area contributed by atoms with Crippen LogP contribution in [0.2, 0.25) is 5.02 Å². The summed E-state index contributed by atoms with van der Waals surface area (Å²) < 4.78 is 6.56. The van der Waals surface area contributed by atoms with E-state index < -0.39 is 0 Å². The Labute approximate surface area is 187 Å². The van der Waals surface area contributed by atoms with Gasteiger partial charge in [-0.25, -0.2) is 5.43 Å². The van der Waals surface area contributed by atoms with E-state index in [-0.39, 0.29) is 12.5 Å². The highest BCUT2D eigenvalue weighted by Gasteiger charge is 2.10. The van der Waals surface area contributed by atoms with Gasteiger partial charge in [-0.15, -0.1) is 0 Å². The van der Waals surface area contributed by atoms with Crippen LogP contribution in [0.15, 0.2) is 72.5 Å². The van der Waals surface area contributed by atoms with Gasteiger partial charge in [0.1, 0.15) is 5.76 Å². The van der Waals surface area contributed by atoms with Crippen molar-refractivity contribution in [1.29, 1.82) is 0 Å². The molecule has 0 saturated carbocycles. The SMILES string of the molecule is Cc1ccc(NCC(=O)N/N=C\c2cc(Br)c(Sc3ccc(Cl)cc3)o2)cc1C. The molecule has 5 nitrogen and oxygen atoms in total. The van der Waals surface area contributed by atoms with Gasteiger partial charge >= 0.3 is 0 Å². The lowest BCUT2D eigenvalue weighted by molar-refractivity contribution is -0.119. The summed E-state index contributed by atoms with van der Waals surface area (Å²) in [5.74, 6) is 0.275. The predicted octanol–water partition coefficient (Wildman–Crippen LogP) is 6.03. The van der Waals surface area contributed by atoms with E-state index in [1.165, 1.54) is 29.1 Å². The molecule has 0 spiro atoms. The molecule has 1 heterocycles. The van der Waals surface area contributed by atoms with Gasteiger partial charge in [-0.1, -0.05) is 29.4 Å². The molecule has 0 bridgehead atoms. The van der Waals surface area contributed by atoms with Gasteiger partial charge in [0.15, 0.2) is 5.09 Å². The Morgan fingerprint density at radius 3 is 2.66 bits per heavy atom. The van der Waals surface area contributed by atoms with Crippen LogP contribution < -0.4 is 10.7 Å². The van der Waals surface area contributed by atoms with E-state index in [0.717, 1.165) is 15.1 Å². The van der Waals surface area contributed by atoms with Crippen molar-refractivity contribution in [2.24, 2.45) is 5.10 Å². The van der Waals surface area contributed by atoms with Crippen LogP contribution in [-0.4, -0.2) is 18.7 Å². The summed E-state index contributed by atoms with van der Waals surface area (Å²) in [6.45, 7) is 4.21. The Bertz CT molecular complexity index is 1030. The fourth-order valence-corrected chi connectivity index (χ4v) is 3.81. The molecule has 3 aromatic rings. The number of amides is 1. The number of furan rings is 1. The van der Waals surface area contributed by atoms with Crippen molar-refractivity contribution in [3.05, 3.63) is 74.9 Å². The van der Waals surface area contributed by atoms with Crippen LogP contribution in [0.4, 0.5) is 5.69 Å². The molecule has 3 rings (SSSR count). The number of rotatable bonds is 7. The zero-order valence-corrected chi connectivity index (χ0v) is 19.0. The van der Waals surface area contributed by atoms with E-state index in [4.69, 9.17) is 16.0 Å². The quantitative estimate of drug-likeness (QED) is 0.312. The van der Waals surface area contributed by atoms with Crippen LogP contribution in [0.5, 0.6) is 0 Å². The normalized spacial score (nSPS) is 11.0. The first-order valence-corrected chi connectivity index (χ1v) is 10.8. The monoisotopic (exact) mass is 491 g/mol. The van der Waals surface area contributed by atoms with Crippen LogP contribution in [0.25, 0.3) is 0 Å². The number of nitrogens with one attached hydrogen (secondary N) is 2. The maximum absolute atomic E-state index is 12.0. The third-order valence-corrected chi connectivity index (χ3v) is 6.14. The molecule has 150 valence electrons. The summed E-state index contributed by atoms with van der Waals surface area (Å²) in [7, 11) is 0. The first-order valence-electron chi connectivity index (χ1n) is 8.76. The number of anilines is 1. The number of hydrogen-bond acceptors (Lipinski definition) is 5. The first kappa shape index (κ1) is 21.5. The molecule has 1 amide bonds. The minimum Gasteiger partial charge on any atom is -0.447 e. The summed E-state index contributed by atoms with van der Waals surface area (Å²) in [5.41, 5.74) is 5.76. The Morgan fingerprint density at radius 2 is 1.93 bits per heavy atom. The third kappa shape index (κ3) is 6.39. The van der Waals surface area contributed by atoms with Gasteiger partial charge in [-0.3, -0.25) is 4.79 Å². The Morgan fingerprint density at radius 1 is 1.17 bits per heavy atom. The van der Waals surface area contributed by atoms with E-state index in [2.05, 4.69) is 31.8 Å². The molecule has 0 fully saturated rings. The zero-order valence-electron chi connectivity index (χ0n) is 15.8. The largest absolute Gasteiger partial charge is 0.447 e. The van der Waals surface area contributed by atoms with Crippen molar-refractivity contribution < 1.29 is 9.21 Å². The van der Waals surface area contributed by atoms with Crippen LogP contribution in [-0.2, 0) is 4.79 Å². The Kier molecular flexibility index (Phi) is 7.41. The van der Waals surface area contributed by atoms with Crippen molar-refractivity contribution in [3.63, 3.8) is 0 Å². The smallest absolute Gasteiger partial charge is 0.259 e. The van der Waals surface area contributed by atoms with Gasteiger partial charge in [0.25, 0.3) is 5.91 Å². The lowest BCUT2D eigenvalue weighted by Gasteiger charge is -2.07. The van der Waals surface area contributed by atoms with Gasteiger partial charge in [-0.2, -0.15) is 5.10 Å². The number of hydrogen-bond donors (Lipinski definition) is 2. The van der Waals surface area contributed by atoms with Crippen molar-refractivity contribution >= 4 is 57.1 Å². The molecule has 0 aliphatic rings. The van der Waals surface area contributed by atoms with E-state index in [1.54, 1.807) is 6.07 Å². The summed E-state index contributed by atoms with van der Waals surface area (Å²) in [6, 6.07) is 15.2. The van der Waals surface area contributed by atoms with Gasteiger partial charge < -0.3 is 9.73 Å². The highest BCUT2D eigenvalue weighted by atomic mass is 79.9. The number of aryl methyl sites for hydroxylation is 2. The molecule has 0 unspecified atom stereocenters. The van der Waals surface area contributed by atoms with Crippen LogP contribution >= 0.6 is 39.3 Å². The highest BCUT2D eigenvalue weighted by molar-refractivity contribution is 9.10. The summed E-state index contributed by atoms with van der Waals surface area (Å²) >= 11 is 10.8. The number of hydrazone groups is 1. The molecule has 29 heavy (non-hydrogen) atoms. The molecule has 8 heteroatoms. The molecule has 0 radical (unpaired) electrons. The second kappa shape index (κ2) is 10.0. The number of carbonyl (C=O) groups excluding carboxylic acids is 1. The van der Waals surface area contributed by atoms with E-state index in [0.29, 0.717) is 15.9 Å². The van der Waals surface area contributed by atoms with Crippen LogP contribution in [0.1, 0.15) is 16.9 Å². The van der Waals surface area contributed by atoms with Crippen molar-refractivity contribution in [1.82, 2.24) is 5.43 Å². The number of halogens is 2. The molecule has 0 atom stereocenters. The maximum Gasteiger partial charge on any atom is 0.259 e. The molecule has 0 aliphatic heterocycles. The van der Waals surface area contributed by atoms with E-state index in [9.17, 15) is 4.79 Å². The molecule has 2 N–H and O–H groups in total. The second-order valence-corrected chi connectivity index (χ2v) is 8.62. The van der Waals surface area contributed by atoms with Crippen LogP contribution in [0.3, 0.4) is 0 Å². The maximum atomic E-state index is 12.0. The van der Waals surface area contributed by atoms with Gasteiger partial charge in [0.2, 0.25) is 0 Å².